The molecule has 1 atom stereocenters. The first-order chi connectivity index (χ1) is 15.5. The molecule has 0 unspecified atom stereocenters. The van der Waals surface area contributed by atoms with E-state index in [-0.39, 0.29) is 6.10 Å². The summed E-state index contributed by atoms with van der Waals surface area (Å²) in [5.41, 5.74) is 0.863. The molecule has 4 rings (SSSR count). The van der Waals surface area contributed by atoms with Crippen molar-refractivity contribution >= 4 is 29.2 Å². The second-order valence-electron chi connectivity index (χ2n) is 8.82. The number of benzene rings is 2. The van der Waals surface area contributed by atoms with Gasteiger partial charge in [-0.15, -0.1) is 0 Å². The Morgan fingerprint density at radius 2 is 1.66 bits per heavy atom. The molecule has 1 N–H and O–H groups in total. The summed E-state index contributed by atoms with van der Waals surface area (Å²) in [6.07, 6.45) is 4.27. The molecule has 172 valence electrons. The number of piperidine rings is 2. The van der Waals surface area contributed by atoms with Crippen LogP contribution in [0.5, 0.6) is 5.75 Å². The molecular formula is C25H30Cl2N2O3. The predicted octanol–water partition coefficient (Wildman–Crippen LogP) is 5.37. The van der Waals surface area contributed by atoms with Crippen molar-refractivity contribution in [2.75, 3.05) is 32.7 Å². The summed E-state index contributed by atoms with van der Waals surface area (Å²) in [7, 11) is 0. The molecule has 7 heteroatoms. The van der Waals surface area contributed by atoms with Crippen molar-refractivity contribution in [2.24, 2.45) is 5.92 Å². The lowest BCUT2D eigenvalue weighted by Crippen LogP contribution is -2.45. The van der Waals surface area contributed by atoms with Crippen LogP contribution in [0.1, 0.15) is 37.3 Å². The van der Waals surface area contributed by atoms with Crippen molar-refractivity contribution in [1.82, 2.24) is 9.80 Å². The molecule has 2 fully saturated rings. The lowest BCUT2D eigenvalue weighted by Gasteiger charge is -2.39. The van der Waals surface area contributed by atoms with E-state index in [9.17, 15) is 9.90 Å². The van der Waals surface area contributed by atoms with Gasteiger partial charge in [0, 0.05) is 25.7 Å². The Morgan fingerprint density at radius 1 is 0.969 bits per heavy atom. The zero-order valence-corrected chi connectivity index (χ0v) is 19.6. The molecule has 2 saturated heterocycles. The van der Waals surface area contributed by atoms with Gasteiger partial charge < -0.3 is 14.7 Å². The van der Waals surface area contributed by atoms with Crippen molar-refractivity contribution in [2.45, 2.75) is 37.8 Å². The van der Waals surface area contributed by atoms with Gasteiger partial charge in [0.2, 0.25) is 0 Å². The molecule has 0 bridgehead atoms. The maximum Gasteiger partial charge on any atom is 0.325 e. The molecule has 0 amide bonds. The van der Waals surface area contributed by atoms with Gasteiger partial charge in [0.15, 0.2) is 0 Å². The fourth-order valence-electron chi connectivity index (χ4n) is 4.86. The Kier molecular flexibility index (Phi) is 7.95. The maximum absolute atomic E-state index is 11.9. The van der Waals surface area contributed by atoms with Crippen LogP contribution in [0.15, 0.2) is 48.5 Å². The Bertz CT molecular complexity index is 895. The van der Waals surface area contributed by atoms with Crippen molar-refractivity contribution in [1.29, 1.82) is 0 Å². The second kappa shape index (κ2) is 10.9. The molecule has 0 spiro atoms. The summed E-state index contributed by atoms with van der Waals surface area (Å²) in [5, 5.41) is 10.8. The van der Waals surface area contributed by atoms with Gasteiger partial charge in [0.05, 0.1) is 10.0 Å². The lowest BCUT2D eigenvalue weighted by molar-refractivity contribution is -0.144. The van der Waals surface area contributed by atoms with E-state index >= 15 is 0 Å². The number of likely N-dealkylation sites (tertiary alicyclic amines) is 2. The zero-order valence-electron chi connectivity index (χ0n) is 18.1. The maximum atomic E-state index is 11.9. The lowest BCUT2D eigenvalue weighted by atomic mass is 9.93. The average molecular weight is 477 g/mol. The quantitative estimate of drug-likeness (QED) is 0.581. The molecule has 2 heterocycles. The number of halogens is 2. The highest BCUT2D eigenvalue weighted by Gasteiger charge is 2.32. The number of carbonyl (C=O) groups is 1. The highest BCUT2D eigenvalue weighted by atomic mass is 35.5. The van der Waals surface area contributed by atoms with E-state index in [4.69, 9.17) is 27.9 Å². The SMILES string of the molecule is O=C(O)[C@H](c1ccccc1)N1CCC(CN2CCC(Oc3ccc(Cl)c(Cl)c3)CC2)CC1. The van der Waals surface area contributed by atoms with Crippen LogP contribution in [0.25, 0.3) is 0 Å². The molecule has 0 radical (unpaired) electrons. The largest absolute Gasteiger partial charge is 0.490 e. The number of hydrogen-bond donors (Lipinski definition) is 1. The van der Waals surface area contributed by atoms with E-state index in [1.165, 1.54) is 0 Å². The predicted molar refractivity (Wildman–Crippen MR) is 128 cm³/mol. The number of carboxylic acids is 1. The normalized spacial score (nSPS) is 20.2. The van der Waals surface area contributed by atoms with Crippen LogP contribution in [-0.2, 0) is 4.79 Å². The van der Waals surface area contributed by atoms with Gasteiger partial charge in [-0.2, -0.15) is 0 Å². The van der Waals surface area contributed by atoms with Crippen LogP contribution in [0, 0.1) is 5.92 Å². The Labute approximate surface area is 199 Å². The van der Waals surface area contributed by atoms with Crippen molar-refractivity contribution in [3.05, 3.63) is 64.1 Å². The third kappa shape index (κ3) is 5.96. The summed E-state index contributed by atoms with van der Waals surface area (Å²) in [5.74, 6) is 0.624. The standard InChI is InChI=1S/C25H30Cl2N2O3/c26-22-7-6-21(16-23(22)27)32-20-10-12-28(13-11-20)17-18-8-14-29(15-9-18)24(25(30)31)19-4-2-1-3-5-19/h1-7,16,18,20,24H,8-15,17H2,(H,30,31)/t24-/m0/s1. The molecule has 2 aliphatic heterocycles. The first-order valence-corrected chi connectivity index (χ1v) is 12.1. The van der Waals surface area contributed by atoms with E-state index in [0.717, 1.165) is 69.7 Å². The van der Waals surface area contributed by atoms with Gasteiger partial charge in [-0.25, -0.2) is 0 Å². The summed E-state index contributed by atoms with van der Waals surface area (Å²) >= 11 is 12.1. The van der Waals surface area contributed by atoms with E-state index in [1.807, 2.05) is 36.4 Å². The summed E-state index contributed by atoms with van der Waals surface area (Å²) in [6, 6.07) is 14.4. The fraction of sp³-hybridized carbons (Fsp3) is 0.480. The minimum absolute atomic E-state index is 0.201. The Morgan fingerprint density at radius 3 is 2.28 bits per heavy atom. The molecule has 0 aliphatic carbocycles. The minimum Gasteiger partial charge on any atom is -0.490 e. The van der Waals surface area contributed by atoms with Crippen LogP contribution in [-0.4, -0.2) is 59.7 Å². The first kappa shape index (κ1) is 23.4. The second-order valence-corrected chi connectivity index (χ2v) is 9.64. The van der Waals surface area contributed by atoms with Crippen LogP contribution in [0.4, 0.5) is 0 Å². The van der Waals surface area contributed by atoms with E-state index in [1.54, 1.807) is 12.1 Å². The van der Waals surface area contributed by atoms with Crippen LogP contribution in [0.2, 0.25) is 10.0 Å². The number of rotatable bonds is 7. The Hall–Kier alpha value is -1.79. The van der Waals surface area contributed by atoms with Gasteiger partial charge in [-0.05, 0) is 62.4 Å². The highest BCUT2D eigenvalue weighted by Crippen LogP contribution is 2.30. The third-order valence-electron chi connectivity index (χ3n) is 6.61. The molecule has 0 aromatic heterocycles. The topological polar surface area (TPSA) is 53.0 Å². The van der Waals surface area contributed by atoms with Crippen molar-refractivity contribution in [3.8, 4) is 5.75 Å². The van der Waals surface area contributed by atoms with Crippen molar-refractivity contribution < 1.29 is 14.6 Å². The summed E-state index contributed by atoms with van der Waals surface area (Å²) < 4.78 is 6.10. The number of carboxylic acid groups (broad SMARTS) is 1. The third-order valence-corrected chi connectivity index (χ3v) is 7.35. The van der Waals surface area contributed by atoms with Crippen molar-refractivity contribution in [3.63, 3.8) is 0 Å². The van der Waals surface area contributed by atoms with Gasteiger partial charge in [0.1, 0.15) is 17.9 Å². The van der Waals surface area contributed by atoms with Gasteiger partial charge in [-0.3, -0.25) is 9.69 Å². The Balaban J connectivity index is 1.22. The van der Waals surface area contributed by atoms with Crippen LogP contribution < -0.4 is 4.74 Å². The molecule has 0 saturated carbocycles. The minimum atomic E-state index is -0.765. The van der Waals surface area contributed by atoms with E-state index < -0.39 is 12.0 Å². The smallest absolute Gasteiger partial charge is 0.325 e. The first-order valence-electron chi connectivity index (χ1n) is 11.4. The fourth-order valence-corrected chi connectivity index (χ4v) is 5.14. The van der Waals surface area contributed by atoms with Gasteiger partial charge in [0.25, 0.3) is 0 Å². The molecule has 5 nitrogen and oxygen atoms in total. The van der Waals surface area contributed by atoms with Crippen LogP contribution >= 0.6 is 23.2 Å². The number of ether oxygens (including phenoxy) is 1. The number of nitrogens with zero attached hydrogens (tertiary/aromatic N) is 2. The molecule has 2 aromatic rings. The van der Waals surface area contributed by atoms with E-state index in [0.29, 0.717) is 16.0 Å². The molecular weight excluding hydrogens is 447 g/mol. The molecule has 2 aromatic carbocycles. The van der Waals surface area contributed by atoms with E-state index in [2.05, 4.69) is 9.80 Å². The zero-order chi connectivity index (χ0) is 22.5. The van der Waals surface area contributed by atoms with Gasteiger partial charge >= 0.3 is 5.97 Å². The molecule has 2 aliphatic rings. The average Bonchev–Trinajstić information content (AvgIpc) is 2.79. The highest BCUT2D eigenvalue weighted by molar-refractivity contribution is 6.42. The van der Waals surface area contributed by atoms with Crippen LogP contribution in [0.3, 0.4) is 0 Å². The number of aliphatic carboxylic acids is 1. The summed E-state index contributed by atoms with van der Waals surface area (Å²) in [6.45, 7) is 4.78. The monoisotopic (exact) mass is 476 g/mol. The summed E-state index contributed by atoms with van der Waals surface area (Å²) in [4.78, 5) is 16.6. The van der Waals surface area contributed by atoms with Gasteiger partial charge in [-0.1, -0.05) is 53.5 Å². The molecule has 32 heavy (non-hydrogen) atoms. The number of hydrogen-bond acceptors (Lipinski definition) is 4.